The minimum Gasteiger partial charge on any atom is -0.399 e. The molecule has 0 saturated heterocycles. The third-order valence-electron chi connectivity index (χ3n) is 2.46. The number of nitrogens with two attached hydrogens (primary N) is 4. The molecular formula is C12H14N4O4S. The number of benzene rings is 2. The molecule has 0 bridgehead atoms. The molecule has 0 unspecified atom stereocenters. The first-order valence-electron chi connectivity index (χ1n) is 5.71. The summed E-state index contributed by atoms with van der Waals surface area (Å²) in [5.41, 5.74) is 23.0. The van der Waals surface area contributed by atoms with Gasteiger partial charge in [-0.2, -0.15) is 0 Å². The van der Waals surface area contributed by atoms with Gasteiger partial charge in [-0.05, 0) is 24.3 Å². The summed E-state index contributed by atoms with van der Waals surface area (Å²) in [7, 11) is -4.44. The second kappa shape index (κ2) is 5.29. The second-order valence-corrected chi connectivity index (χ2v) is 5.32. The smallest absolute Gasteiger partial charge is 0.399 e. The standard InChI is InChI=1S/C12H14N4O4S/c13-7-1-3-9(15)11(5-7)19-21(17,18)20-12-6-8(14)2-4-10(12)16/h1-6H,13-16H2. The van der Waals surface area contributed by atoms with Crippen molar-refractivity contribution in [2.24, 2.45) is 0 Å². The predicted octanol–water partition coefficient (Wildman–Crippen LogP) is 0.718. The molecule has 0 heterocycles. The largest absolute Gasteiger partial charge is 0.501 e. The minimum absolute atomic E-state index is 0.0944. The van der Waals surface area contributed by atoms with Gasteiger partial charge < -0.3 is 31.3 Å². The van der Waals surface area contributed by atoms with E-state index in [-0.39, 0.29) is 34.2 Å². The van der Waals surface area contributed by atoms with Crippen LogP contribution in [0.2, 0.25) is 0 Å². The Kier molecular flexibility index (Phi) is 3.68. The van der Waals surface area contributed by atoms with Crippen LogP contribution in [0.15, 0.2) is 36.4 Å². The molecule has 2 rings (SSSR count). The van der Waals surface area contributed by atoms with Crippen molar-refractivity contribution in [3.63, 3.8) is 0 Å². The van der Waals surface area contributed by atoms with E-state index in [1.165, 1.54) is 36.4 Å². The van der Waals surface area contributed by atoms with E-state index in [9.17, 15) is 8.42 Å². The van der Waals surface area contributed by atoms with Crippen molar-refractivity contribution in [2.45, 2.75) is 0 Å². The van der Waals surface area contributed by atoms with E-state index >= 15 is 0 Å². The molecule has 0 aliphatic carbocycles. The second-order valence-electron chi connectivity index (χ2n) is 4.17. The molecule has 8 N–H and O–H groups in total. The van der Waals surface area contributed by atoms with Gasteiger partial charge in [0.1, 0.15) is 0 Å². The maximum Gasteiger partial charge on any atom is 0.501 e. The van der Waals surface area contributed by atoms with Gasteiger partial charge in [-0.1, -0.05) is 0 Å². The van der Waals surface area contributed by atoms with Crippen molar-refractivity contribution in [3.05, 3.63) is 36.4 Å². The lowest BCUT2D eigenvalue weighted by atomic mass is 10.3. The van der Waals surface area contributed by atoms with Crippen molar-refractivity contribution in [2.75, 3.05) is 22.9 Å². The summed E-state index contributed by atoms with van der Waals surface area (Å²) in [5, 5.41) is 0. The Labute approximate surface area is 121 Å². The van der Waals surface area contributed by atoms with Gasteiger partial charge in [-0.15, -0.1) is 8.42 Å². The van der Waals surface area contributed by atoms with Crippen molar-refractivity contribution in [3.8, 4) is 11.5 Å². The van der Waals surface area contributed by atoms with Crippen LogP contribution in [0.5, 0.6) is 11.5 Å². The van der Waals surface area contributed by atoms with E-state index < -0.39 is 10.4 Å². The normalized spacial score (nSPS) is 11.0. The zero-order chi connectivity index (χ0) is 15.6. The summed E-state index contributed by atoms with van der Waals surface area (Å²) in [5.74, 6) is -0.282. The lowest BCUT2D eigenvalue weighted by Crippen LogP contribution is -2.18. The summed E-state index contributed by atoms with van der Waals surface area (Å²) in [4.78, 5) is 0. The third-order valence-corrected chi connectivity index (χ3v) is 3.23. The lowest BCUT2D eigenvalue weighted by Gasteiger charge is -2.11. The maximum absolute atomic E-state index is 11.9. The average molecular weight is 310 g/mol. The Bertz CT molecular complexity index is 717. The maximum atomic E-state index is 11.9. The Balaban J connectivity index is 2.26. The van der Waals surface area contributed by atoms with E-state index in [0.29, 0.717) is 0 Å². The van der Waals surface area contributed by atoms with Crippen molar-refractivity contribution in [1.29, 1.82) is 0 Å². The SMILES string of the molecule is Nc1ccc(N)c(OS(=O)(=O)Oc2cc(N)ccc2N)c1. The highest BCUT2D eigenvalue weighted by atomic mass is 32.3. The van der Waals surface area contributed by atoms with E-state index in [1.54, 1.807) is 0 Å². The van der Waals surface area contributed by atoms with Gasteiger partial charge in [0, 0.05) is 23.5 Å². The average Bonchev–Trinajstić information content (AvgIpc) is 2.37. The monoisotopic (exact) mass is 310 g/mol. The number of hydrogen-bond donors (Lipinski definition) is 4. The molecule has 0 radical (unpaired) electrons. The highest BCUT2D eigenvalue weighted by molar-refractivity contribution is 7.82. The summed E-state index contributed by atoms with van der Waals surface area (Å²) >= 11 is 0. The first-order valence-corrected chi connectivity index (χ1v) is 7.04. The molecule has 9 heteroatoms. The van der Waals surface area contributed by atoms with Gasteiger partial charge in [0.2, 0.25) is 0 Å². The van der Waals surface area contributed by atoms with Gasteiger partial charge in [-0.3, -0.25) is 0 Å². The molecular weight excluding hydrogens is 296 g/mol. The molecule has 21 heavy (non-hydrogen) atoms. The van der Waals surface area contributed by atoms with E-state index in [0.717, 1.165) is 0 Å². The molecule has 2 aromatic carbocycles. The zero-order valence-corrected chi connectivity index (χ0v) is 11.6. The zero-order valence-electron chi connectivity index (χ0n) is 10.8. The molecule has 0 aliphatic rings. The Morgan fingerprint density at radius 3 is 1.48 bits per heavy atom. The van der Waals surface area contributed by atoms with Crippen LogP contribution < -0.4 is 31.3 Å². The first kappa shape index (κ1) is 14.6. The van der Waals surface area contributed by atoms with Gasteiger partial charge in [0.25, 0.3) is 0 Å². The highest BCUT2D eigenvalue weighted by Gasteiger charge is 2.19. The lowest BCUT2D eigenvalue weighted by molar-refractivity contribution is 0.394. The Hall–Kier alpha value is -2.81. The fourth-order valence-corrected chi connectivity index (χ4v) is 2.25. The topological polar surface area (TPSA) is 157 Å². The summed E-state index contributed by atoms with van der Waals surface area (Å²) < 4.78 is 33.2. The van der Waals surface area contributed by atoms with Crippen molar-refractivity contribution in [1.82, 2.24) is 0 Å². The molecule has 0 aliphatic heterocycles. The third kappa shape index (κ3) is 3.60. The number of anilines is 4. The molecule has 8 nitrogen and oxygen atoms in total. The van der Waals surface area contributed by atoms with Gasteiger partial charge in [-0.25, -0.2) is 0 Å². The summed E-state index contributed by atoms with van der Waals surface area (Å²) in [6, 6.07) is 8.36. The van der Waals surface area contributed by atoms with E-state index in [1.807, 2.05) is 0 Å². The summed E-state index contributed by atoms with van der Waals surface area (Å²) in [6.45, 7) is 0. The molecule has 0 amide bonds. The van der Waals surface area contributed by atoms with E-state index in [2.05, 4.69) is 0 Å². The van der Waals surface area contributed by atoms with Crippen molar-refractivity contribution < 1.29 is 16.8 Å². The highest BCUT2D eigenvalue weighted by Crippen LogP contribution is 2.29. The number of hydrogen-bond acceptors (Lipinski definition) is 8. The molecule has 112 valence electrons. The predicted molar refractivity (Wildman–Crippen MR) is 80.7 cm³/mol. The Morgan fingerprint density at radius 2 is 1.10 bits per heavy atom. The molecule has 0 fully saturated rings. The van der Waals surface area contributed by atoms with Crippen LogP contribution in [0, 0.1) is 0 Å². The first-order chi connectivity index (χ1) is 9.77. The fraction of sp³-hybridized carbons (Fsp3) is 0. The molecule has 0 atom stereocenters. The van der Waals surface area contributed by atoms with E-state index in [4.69, 9.17) is 31.3 Å². The van der Waals surface area contributed by atoms with Crippen LogP contribution in [-0.4, -0.2) is 8.42 Å². The van der Waals surface area contributed by atoms with Crippen LogP contribution in [0.3, 0.4) is 0 Å². The number of rotatable bonds is 4. The quantitative estimate of drug-likeness (QED) is 0.601. The molecule has 2 aromatic rings. The molecule has 0 spiro atoms. The van der Waals surface area contributed by atoms with Crippen LogP contribution in [0.4, 0.5) is 22.7 Å². The van der Waals surface area contributed by atoms with Crippen LogP contribution in [-0.2, 0) is 10.4 Å². The van der Waals surface area contributed by atoms with Gasteiger partial charge in [0.05, 0.1) is 11.4 Å². The molecule has 0 saturated carbocycles. The summed E-state index contributed by atoms with van der Waals surface area (Å²) in [6.07, 6.45) is 0. The van der Waals surface area contributed by atoms with Gasteiger partial charge in [0.15, 0.2) is 11.5 Å². The van der Waals surface area contributed by atoms with Crippen LogP contribution >= 0.6 is 0 Å². The van der Waals surface area contributed by atoms with Crippen molar-refractivity contribution >= 4 is 33.1 Å². The minimum atomic E-state index is -4.44. The van der Waals surface area contributed by atoms with Crippen LogP contribution in [0.1, 0.15) is 0 Å². The molecule has 0 aromatic heterocycles. The van der Waals surface area contributed by atoms with Crippen LogP contribution in [0.25, 0.3) is 0 Å². The fourth-order valence-electron chi connectivity index (χ4n) is 1.48. The van der Waals surface area contributed by atoms with Gasteiger partial charge >= 0.3 is 10.4 Å². The number of nitrogen functional groups attached to an aromatic ring is 4. The Morgan fingerprint density at radius 1 is 0.714 bits per heavy atom.